The molecule has 0 spiro atoms. The summed E-state index contributed by atoms with van der Waals surface area (Å²) < 4.78 is 13.4. The fourth-order valence-corrected chi connectivity index (χ4v) is 4.53. The largest absolute Gasteiger partial charge is 0.490 e. The Kier molecular flexibility index (Phi) is 5.84. The van der Waals surface area contributed by atoms with E-state index in [1.165, 1.54) is 6.20 Å². The van der Waals surface area contributed by atoms with E-state index in [-0.39, 0.29) is 17.9 Å². The van der Waals surface area contributed by atoms with E-state index in [9.17, 15) is 4.79 Å². The van der Waals surface area contributed by atoms with Crippen LogP contribution in [0.4, 0.5) is 11.4 Å². The van der Waals surface area contributed by atoms with E-state index in [4.69, 9.17) is 14.7 Å². The number of carbonyl (C=O) groups is 1. The van der Waals surface area contributed by atoms with Gasteiger partial charge < -0.3 is 19.7 Å². The number of hydrogen-bond acceptors (Lipinski definition) is 7. The predicted molar refractivity (Wildman–Crippen MR) is 123 cm³/mol. The Morgan fingerprint density at radius 1 is 1.33 bits per heavy atom. The first kappa shape index (κ1) is 21.2. The fraction of sp³-hybridized carbons (Fsp3) is 0.417. The Morgan fingerprint density at radius 3 is 3.00 bits per heavy atom. The lowest BCUT2D eigenvalue weighted by Crippen LogP contribution is -2.37. The summed E-state index contributed by atoms with van der Waals surface area (Å²) in [5, 5.41) is 16.3. The first-order valence-corrected chi connectivity index (χ1v) is 11.3. The Labute approximate surface area is 191 Å². The number of nitrogens with one attached hydrogen (secondary N) is 1. The molecule has 0 saturated carbocycles. The van der Waals surface area contributed by atoms with Crippen LogP contribution in [0.25, 0.3) is 5.65 Å². The van der Waals surface area contributed by atoms with E-state index < -0.39 is 0 Å². The van der Waals surface area contributed by atoms with E-state index in [0.717, 1.165) is 42.2 Å². The van der Waals surface area contributed by atoms with Gasteiger partial charge in [0.1, 0.15) is 17.4 Å². The van der Waals surface area contributed by atoms with Gasteiger partial charge in [0.2, 0.25) is 0 Å². The highest BCUT2D eigenvalue weighted by atomic mass is 16.5. The molecule has 4 heterocycles. The van der Waals surface area contributed by atoms with Crippen molar-refractivity contribution in [1.82, 2.24) is 14.6 Å². The average Bonchev–Trinajstić information content (AvgIpc) is 3.27. The van der Waals surface area contributed by atoms with Crippen LogP contribution in [0.2, 0.25) is 0 Å². The molecule has 2 aliphatic heterocycles. The number of ether oxygens (including phenoxy) is 2. The number of nitrogens with zero attached hydrogens (tertiary/aromatic N) is 5. The highest BCUT2D eigenvalue weighted by molar-refractivity contribution is 6.09. The van der Waals surface area contributed by atoms with Crippen LogP contribution < -0.4 is 15.0 Å². The second kappa shape index (κ2) is 9.08. The van der Waals surface area contributed by atoms with Crippen molar-refractivity contribution in [2.45, 2.75) is 32.3 Å². The Balaban J connectivity index is 1.48. The van der Waals surface area contributed by atoms with Crippen LogP contribution in [0.15, 0.2) is 36.8 Å². The van der Waals surface area contributed by atoms with Gasteiger partial charge in [-0.25, -0.2) is 9.50 Å². The zero-order valence-electron chi connectivity index (χ0n) is 18.5. The highest BCUT2D eigenvalue weighted by Crippen LogP contribution is 2.40. The molecule has 1 N–H and O–H groups in total. The van der Waals surface area contributed by atoms with Crippen LogP contribution in [0.5, 0.6) is 5.75 Å². The number of rotatable bonds is 5. The van der Waals surface area contributed by atoms with E-state index in [2.05, 4.69) is 33.3 Å². The number of benzene rings is 1. The van der Waals surface area contributed by atoms with Crippen molar-refractivity contribution >= 4 is 22.9 Å². The van der Waals surface area contributed by atoms with Crippen molar-refractivity contribution in [3.05, 3.63) is 47.9 Å². The summed E-state index contributed by atoms with van der Waals surface area (Å²) in [7, 11) is 0. The molecule has 0 radical (unpaired) electrons. The molecule has 1 fully saturated rings. The monoisotopic (exact) mass is 446 g/mol. The van der Waals surface area contributed by atoms with Gasteiger partial charge in [0.25, 0.3) is 5.91 Å². The first-order valence-electron chi connectivity index (χ1n) is 11.3. The normalized spacial score (nSPS) is 20.1. The van der Waals surface area contributed by atoms with Gasteiger partial charge in [-0.2, -0.15) is 10.4 Å². The summed E-state index contributed by atoms with van der Waals surface area (Å²) in [4.78, 5) is 19.7. The number of hydrogen-bond donors (Lipinski definition) is 1. The van der Waals surface area contributed by atoms with E-state index >= 15 is 0 Å². The summed E-state index contributed by atoms with van der Waals surface area (Å²) in [6, 6.07) is 8.03. The molecule has 5 rings (SSSR count). The SMILES string of the molecule is CC1Cc2cc(NC(=O)c3cnn4cccnc34)c(N3CCOCC3)cc2O[C@@H]1CCC#N. The van der Waals surface area contributed by atoms with Gasteiger partial charge in [0.15, 0.2) is 5.65 Å². The summed E-state index contributed by atoms with van der Waals surface area (Å²) in [5.74, 6) is 0.857. The van der Waals surface area contributed by atoms with Crippen LogP contribution in [0, 0.1) is 17.2 Å². The van der Waals surface area contributed by atoms with Crippen LogP contribution >= 0.6 is 0 Å². The quantitative estimate of drug-likeness (QED) is 0.642. The summed E-state index contributed by atoms with van der Waals surface area (Å²) in [5.41, 5.74) is 3.63. The second-order valence-corrected chi connectivity index (χ2v) is 8.51. The molecule has 1 aromatic carbocycles. The molecule has 2 aliphatic rings. The van der Waals surface area contributed by atoms with Gasteiger partial charge >= 0.3 is 0 Å². The van der Waals surface area contributed by atoms with Crippen LogP contribution in [-0.2, 0) is 11.2 Å². The van der Waals surface area contributed by atoms with Gasteiger partial charge in [-0.1, -0.05) is 6.92 Å². The zero-order chi connectivity index (χ0) is 22.8. The fourth-order valence-electron chi connectivity index (χ4n) is 4.53. The number of nitriles is 1. The zero-order valence-corrected chi connectivity index (χ0v) is 18.5. The molecular weight excluding hydrogens is 420 g/mol. The molecule has 170 valence electrons. The molecule has 2 aromatic heterocycles. The molecule has 0 bridgehead atoms. The van der Waals surface area contributed by atoms with Gasteiger partial charge in [0, 0.05) is 38.0 Å². The molecular formula is C24H26N6O3. The number of amides is 1. The minimum absolute atomic E-state index is 0.0139. The van der Waals surface area contributed by atoms with Crippen LogP contribution in [0.3, 0.4) is 0 Å². The highest BCUT2D eigenvalue weighted by Gasteiger charge is 2.29. The molecule has 9 nitrogen and oxygen atoms in total. The molecule has 9 heteroatoms. The predicted octanol–water partition coefficient (Wildman–Crippen LogP) is 3.06. The van der Waals surface area contributed by atoms with Crippen molar-refractivity contribution < 1.29 is 14.3 Å². The number of fused-ring (bicyclic) bond motifs is 2. The molecule has 33 heavy (non-hydrogen) atoms. The minimum Gasteiger partial charge on any atom is -0.490 e. The average molecular weight is 447 g/mol. The van der Waals surface area contributed by atoms with E-state index in [1.807, 2.05) is 12.1 Å². The van der Waals surface area contributed by atoms with Crippen molar-refractivity contribution in [3.8, 4) is 11.8 Å². The van der Waals surface area contributed by atoms with Crippen LogP contribution in [0.1, 0.15) is 35.7 Å². The van der Waals surface area contributed by atoms with Crippen molar-refractivity contribution in [2.75, 3.05) is 36.5 Å². The van der Waals surface area contributed by atoms with Crippen LogP contribution in [-0.4, -0.2) is 52.9 Å². The maximum atomic E-state index is 13.2. The maximum absolute atomic E-state index is 13.2. The topological polar surface area (TPSA) is 105 Å². The second-order valence-electron chi connectivity index (χ2n) is 8.51. The van der Waals surface area contributed by atoms with Gasteiger partial charge in [-0.05, 0) is 36.5 Å². The lowest BCUT2D eigenvalue weighted by Gasteiger charge is -2.35. The third kappa shape index (κ3) is 4.22. The molecule has 0 aliphatic carbocycles. The summed E-state index contributed by atoms with van der Waals surface area (Å²) >= 11 is 0. The summed E-state index contributed by atoms with van der Waals surface area (Å²) in [6.45, 7) is 4.86. The van der Waals surface area contributed by atoms with Gasteiger partial charge in [-0.15, -0.1) is 0 Å². The maximum Gasteiger partial charge on any atom is 0.261 e. The molecule has 1 saturated heterocycles. The first-order chi connectivity index (χ1) is 16.1. The van der Waals surface area contributed by atoms with E-state index in [1.54, 1.807) is 23.0 Å². The Morgan fingerprint density at radius 2 is 2.18 bits per heavy atom. The summed E-state index contributed by atoms with van der Waals surface area (Å²) in [6.07, 6.45) is 6.98. The molecule has 2 atom stereocenters. The van der Waals surface area contributed by atoms with Crippen molar-refractivity contribution in [2.24, 2.45) is 5.92 Å². The number of carbonyl (C=O) groups excluding carboxylic acids is 1. The molecule has 1 unspecified atom stereocenters. The lowest BCUT2D eigenvalue weighted by atomic mass is 9.89. The third-order valence-electron chi connectivity index (χ3n) is 6.30. The minimum atomic E-state index is -0.255. The number of aromatic nitrogens is 3. The third-order valence-corrected chi connectivity index (χ3v) is 6.30. The van der Waals surface area contributed by atoms with Gasteiger partial charge in [0.05, 0.1) is 36.9 Å². The van der Waals surface area contributed by atoms with Crippen molar-refractivity contribution in [3.63, 3.8) is 0 Å². The number of morpholine rings is 1. The Hall–Kier alpha value is -3.64. The van der Waals surface area contributed by atoms with Gasteiger partial charge in [-0.3, -0.25) is 4.79 Å². The lowest BCUT2D eigenvalue weighted by molar-refractivity contribution is 0.102. The Bertz CT molecular complexity index is 1210. The molecule has 3 aromatic rings. The molecule has 1 amide bonds. The number of anilines is 2. The standard InChI is InChI=1S/C24H26N6O3/c1-16-12-17-13-19(28-24(31)18-15-27-30-7-3-6-26-23(18)30)20(29-8-10-32-11-9-29)14-22(17)33-21(16)4-2-5-25/h3,6-7,13-16,21H,2,4,8-12H2,1H3,(H,28,31)/t16?,21-/m1/s1. The van der Waals surface area contributed by atoms with E-state index in [0.29, 0.717) is 37.3 Å². The van der Waals surface area contributed by atoms with Crippen molar-refractivity contribution in [1.29, 1.82) is 5.26 Å². The smallest absolute Gasteiger partial charge is 0.261 e.